The molecular weight excluding hydrogens is 267 g/mol. The SMILES string of the molecule is CCCC(=O)N1CCN(CCCc2ccccc2F)CC1. The Bertz CT molecular complexity index is 456. The molecule has 21 heavy (non-hydrogen) atoms. The number of aryl methyl sites for hydroxylation is 1. The Labute approximate surface area is 126 Å². The Morgan fingerprint density at radius 3 is 2.57 bits per heavy atom. The molecule has 116 valence electrons. The summed E-state index contributed by atoms with van der Waals surface area (Å²) in [6.07, 6.45) is 3.32. The fourth-order valence-corrected chi connectivity index (χ4v) is 2.79. The van der Waals surface area contributed by atoms with Crippen LogP contribution in [-0.2, 0) is 11.2 Å². The number of amides is 1. The number of rotatable bonds is 6. The van der Waals surface area contributed by atoms with Gasteiger partial charge < -0.3 is 4.90 Å². The van der Waals surface area contributed by atoms with E-state index in [0.29, 0.717) is 6.42 Å². The van der Waals surface area contributed by atoms with Crippen molar-refractivity contribution in [3.63, 3.8) is 0 Å². The van der Waals surface area contributed by atoms with Crippen molar-refractivity contribution in [2.45, 2.75) is 32.6 Å². The molecule has 0 N–H and O–H groups in total. The second-order valence-electron chi connectivity index (χ2n) is 5.67. The summed E-state index contributed by atoms with van der Waals surface area (Å²) < 4.78 is 13.5. The van der Waals surface area contributed by atoms with Crippen molar-refractivity contribution < 1.29 is 9.18 Å². The molecule has 0 atom stereocenters. The normalized spacial score (nSPS) is 16.2. The smallest absolute Gasteiger partial charge is 0.222 e. The van der Waals surface area contributed by atoms with Gasteiger partial charge in [0.15, 0.2) is 0 Å². The van der Waals surface area contributed by atoms with Crippen molar-refractivity contribution in [3.05, 3.63) is 35.6 Å². The van der Waals surface area contributed by atoms with Crippen LogP contribution in [0.2, 0.25) is 0 Å². The van der Waals surface area contributed by atoms with Crippen LogP contribution in [0.25, 0.3) is 0 Å². The summed E-state index contributed by atoms with van der Waals surface area (Å²) in [6.45, 7) is 6.55. The van der Waals surface area contributed by atoms with Gasteiger partial charge in [-0.1, -0.05) is 25.1 Å². The lowest BCUT2D eigenvalue weighted by Crippen LogP contribution is -2.48. The number of halogens is 1. The van der Waals surface area contributed by atoms with E-state index in [0.717, 1.165) is 57.5 Å². The average Bonchev–Trinajstić information content (AvgIpc) is 2.50. The number of benzene rings is 1. The first-order valence-corrected chi connectivity index (χ1v) is 7.94. The molecule has 1 fully saturated rings. The number of carbonyl (C=O) groups is 1. The number of hydrogen-bond donors (Lipinski definition) is 0. The zero-order valence-electron chi connectivity index (χ0n) is 12.9. The Morgan fingerprint density at radius 2 is 1.90 bits per heavy atom. The van der Waals surface area contributed by atoms with E-state index in [1.165, 1.54) is 6.07 Å². The van der Waals surface area contributed by atoms with E-state index in [-0.39, 0.29) is 11.7 Å². The highest BCUT2D eigenvalue weighted by Gasteiger charge is 2.19. The van der Waals surface area contributed by atoms with Gasteiger partial charge >= 0.3 is 0 Å². The molecule has 0 unspecified atom stereocenters. The van der Waals surface area contributed by atoms with Gasteiger partial charge in [-0.3, -0.25) is 9.69 Å². The minimum Gasteiger partial charge on any atom is -0.340 e. The highest BCUT2D eigenvalue weighted by Crippen LogP contribution is 2.11. The maximum Gasteiger partial charge on any atom is 0.222 e. The molecular formula is C17H25FN2O. The molecule has 1 aromatic rings. The minimum absolute atomic E-state index is 0.104. The van der Waals surface area contributed by atoms with Crippen LogP contribution in [0.4, 0.5) is 4.39 Å². The topological polar surface area (TPSA) is 23.6 Å². The molecule has 3 nitrogen and oxygen atoms in total. The van der Waals surface area contributed by atoms with Gasteiger partial charge in [0.1, 0.15) is 5.82 Å². The number of nitrogens with zero attached hydrogens (tertiary/aromatic N) is 2. The van der Waals surface area contributed by atoms with Crippen molar-refractivity contribution in [2.24, 2.45) is 0 Å². The van der Waals surface area contributed by atoms with E-state index in [9.17, 15) is 9.18 Å². The van der Waals surface area contributed by atoms with Crippen LogP contribution in [0, 0.1) is 5.82 Å². The molecule has 1 saturated heterocycles. The van der Waals surface area contributed by atoms with Gasteiger partial charge in [0, 0.05) is 32.6 Å². The highest BCUT2D eigenvalue weighted by molar-refractivity contribution is 5.76. The Morgan fingerprint density at radius 1 is 1.19 bits per heavy atom. The summed E-state index contributed by atoms with van der Waals surface area (Å²) in [5, 5.41) is 0. The van der Waals surface area contributed by atoms with Crippen LogP contribution in [0.3, 0.4) is 0 Å². The fourth-order valence-electron chi connectivity index (χ4n) is 2.79. The number of hydrogen-bond acceptors (Lipinski definition) is 2. The molecule has 0 aromatic heterocycles. The lowest BCUT2D eigenvalue weighted by atomic mass is 10.1. The summed E-state index contributed by atoms with van der Waals surface area (Å²) in [4.78, 5) is 16.1. The van der Waals surface area contributed by atoms with E-state index in [4.69, 9.17) is 0 Å². The van der Waals surface area contributed by atoms with Gasteiger partial charge in [0.2, 0.25) is 5.91 Å². The Balaban J connectivity index is 1.67. The molecule has 0 spiro atoms. The fraction of sp³-hybridized carbons (Fsp3) is 0.588. The van der Waals surface area contributed by atoms with E-state index in [1.807, 2.05) is 24.0 Å². The molecule has 4 heteroatoms. The first-order valence-electron chi connectivity index (χ1n) is 7.94. The molecule has 2 rings (SSSR count). The maximum absolute atomic E-state index is 13.5. The van der Waals surface area contributed by atoms with Crippen LogP contribution in [-0.4, -0.2) is 48.4 Å². The van der Waals surface area contributed by atoms with Crippen molar-refractivity contribution in [2.75, 3.05) is 32.7 Å². The van der Waals surface area contributed by atoms with Crippen LogP contribution < -0.4 is 0 Å². The van der Waals surface area contributed by atoms with Gasteiger partial charge in [-0.25, -0.2) is 4.39 Å². The van der Waals surface area contributed by atoms with Crippen molar-refractivity contribution in [1.82, 2.24) is 9.80 Å². The van der Waals surface area contributed by atoms with Crippen molar-refractivity contribution >= 4 is 5.91 Å². The van der Waals surface area contributed by atoms with Crippen LogP contribution in [0.1, 0.15) is 31.7 Å². The number of carbonyl (C=O) groups excluding carboxylic acids is 1. The predicted molar refractivity (Wildman–Crippen MR) is 82.6 cm³/mol. The zero-order chi connectivity index (χ0) is 15.1. The first kappa shape index (κ1) is 16.0. The average molecular weight is 292 g/mol. The number of piperazine rings is 1. The van der Waals surface area contributed by atoms with Gasteiger partial charge in [-0.15, -0.1) is 0 Å². The minimum atomic E-state index is -0.104. The van der Waals surface area contributed by atoms with E-state index >= 15 is 0 Å². The maximum atomic E-state index is 13.5. The van der Waals surface area contributed by atoms with Crippen molar-refractivity contribution in [3.8, 4) is 0 Å². The quantitative estimate of drug-likeness (QED) is 0.805. The lowest BCUT2D eigenvalue weighted by molar-refractivity contribution is -0.132. The Hall–Kier alpha value is -1.42. The molecule has 1 heterocycles. The van der Waals surface area contributed by atoms with Crippen molar-refractivity contribution in [1.29, 1.82) is 0 Å². The molecule has 0 saturated carbocycles. The molecule has 1 aliphatic rings. The van der Waals surface area contributed by atoms with E-state index < -0.39 is 0 Å². The second-order valence-corrected chi connectivity index (χ2v) is 5.67. The summed E-state index contributed by atoms with van der Waals surface area (Å²) in [5.74, 6) is 0.177. The second kappa shape index (κ2) is 8.13. The summed E-state index contributed by atoms with van der Waals surface area (Å²) in [7, 11) is 0. The summed E-state index contributed by atoms with van der Waals surface area (Å²) in [6, 6.07) is 6.99. The van der Waals surface area contributed by atoms with Crippen LogP contribution in [0.15, 0.2) is 24.3 Å². The van der Waals surface area contributed by atoms with Gasteiger partial charge in [-0.05, 0) is 37.4 Å². The summed E-state index contributed by atoms with van der Waals surface area (Å²) >= 11 is 0. The largest absolute Gasteiger partial charge is 0.340 e. The zero-order valence-corrected chi connectivity index (χ0v) is 12.9. The molecule has 1 amide bonds. The lowest BCUT2D eigenvalue weighted by Gasteiger charge is -2.34. The third-order valence-electron chi connectivity index (χ3n) is 4.07. The van der Waals surface area contributed by atoms with Crippen LogP contribution in [0.5, 0.6) is 0 Å². The molecule has 0 bridgehead atoms. The van der Waals surface area contributed by atoms with E-state index in [2.05, 4.69) is 4.90 Å². The monoisotopic (exact) mass is 292 g/mol. The summed E-state index contributed by atoms with van der Waals surface area (Å²) in [5.41, 5.74) is 0.800. The molecule has 0 radical (unpaired) electrons. The van der Waals surface area contributed by atoms with E-state index in [1.54, 1.807) is 6.07 Å². The molecule has 0 aliphatic carbocycles. The van der Waals surface area contributed by atoms with Crippen LogP contribution >= 0.6 is 0 Å². The third kappa shape index (κ3) is 4.81. The molecule has 1 aliphatic heterocycles. The van der Waals surface area contributed by atoms with Gasteiger partial charge in [-0.2, -0.15) is 0 Å². The third-order valence-corrected chi connectivity index (χ3v) is 4.07. The first-order chi connectivity index (χ1) is 10.2. The van der Waals surface area contributed by atoms with Gasteiger partial charge in [0.25, 0.3) is 0 Å². The standard InChI is InChI=1S/C17H25FN2O/c1-2-6-17(21)20-13-11-19(12-14-20)10-5-8-15-7-3-4-9-16(15)18/h3-4,7,9H,2,5-6,8,10-14H2,1H3. The Kier molecular flexibility index (Phi) is 6.18. The molecule has 1 aromatic carbocycles. The van der Waals surface area contributed by atoms with Gasteiger partial charge in [0.05, 0.1) is 0 Å². The highest BCUT2D eigenvalue weighted by atomic mass is 19.1. The predicted octanol–water partition coefficient (Wildman–Crippen LogP) is 2.70.